The summed E-state index contributed by atoms with van der Waals surface area (Å²) in [7, 11) is -4.61. The van der Waals surface area contributed by atoms with E-state index in [0.717, 1.165) is 79.3 Å². The minimum Gasteiger partial charge on any atom is -0.455 e. The first-order valence-electron chi connectivity index (χ1n) is 24.5. The van der Waals surface area contributed by atoms with Gasteiger partial charge in [-0.15, -0.1) is 11.3 Å². The van der Waals surface area contributed by atoms with Crippen molar-refractivity contribution in [3.63, 3.8) is 0 Å². The van der Waals surface area contributed by atoms with Crippen molar-refractivity contribution in [3.8, 4) is 22.6 Å². The van der Waals surface area contributed by atoms with Crippen LogP contribution < -0.4 is 19.7 Å². The molecule has 5 N–H and O–H groups in total. The van der Waals surface area contributed by atoms with Gasteiger partial charge in [-0.25, -0.2) is 22.5 Å². The minimum atomic E-state index is -4.61. The highest BCUT2D eigenvalue weighted by atomic mass is 32.2. The van der Waals surface area contributed by atoms with Crippen LogP contribution in [0.15, 0.2) is 101 Å². The number of aromatic nitrogens is 2. The van der Waals surface area contributed by atoms with Crippen LogP contribution in [-0.2, 0) is 15.6 Å². The van der Waals surface area contributed by atoms with Gasteiger partial charge in [-0.2, -0.15) is 0 Å². The number of anilines is 2. The van der Waals surface area contributed by atoms with Gasteiger partial charge < -0.3 is 30.2 Å². The first-order valence-corrected chi connectivity index (χ1v) is 26.8. The smallest absolute Gasteiger partial charge is 0.293 e. The highest BCUT2D eigenvalue weighted by molar-refractivity contribution is 7.90. The fourth-order valence-electron chi connectivity index (χ4n) is 10.0. The standard InChI is InChI=1S/C54H62FN7O8S2/c1-52(2)16-14-36(44(29-52)49-25-37(33-71-49)42-9-6-38(26-45(42)55)53(3,4)64)32-60-20-22-61(23-21-60)39-7-10-43(48(27-39)70-40-24-35-15-19-56-50(35)58-31-40)51(63)59-72(68,69)41-8-11-46(47(28-41)62(66)67)57-30-34-12-17-54(5,65)18-13-34/h6-11,15,19,24-28,31,33-34,57,64-65H,12-14,16-18,20-23,29-30,32H2,1-5H3,(H,56,58)(H,59,63). The number of piperazine rings is 1. The highest BCUT2D eigenvalue weighted by Crippen LogP contribution is 2.46. The van der Waals surface area contributed by atoms with E-state index in [2.05, 4.69) is 49.7 Å². The molecule has 2 fully saturated rings. The average molecular weight is 1020 g/mol. The maximum Gasteiger partial charge on any atom is 0.293 e. The van der Waals surface area contributed by atoms with Crippen molar-refractivity contribution in [3.05, 3.63) is 128 Å². The number of H-pyrrole nitrogens is 1. The Labute approximate surface area is 423 Å². The van der Waals surface area contributed by atoms with Gasteiger partial charge in [0.25, 0.3) is 21.6 Å². The van der Waals surface area contributed by atoms with Gasteiger partial charge in [0.15, 0.2) is 0 Å². The summed E-state index contributed by atoms with van der Waals surface area (Å²) in [5.41, 5.74) is 3.85. The van der Waals surface area contributed by atoms with Crippen molar-refractivity contribution in [1.82, 2.24) is 19.6 Å². The van der Waals surface area contributed by atoms with Gasteiger partial charge in [-0.05, 0) is 148 Å². The molecule has 1 saturated carbocycles. The van der Waals surface area contributed by atoms with E-state index in [1.165, 1.54) is 41.6 Å². The Balaban J connectivity index is 0.913. The van der Waals surface area contributed by atoms with E-state index in [0.29, 0.717) is 55.0 Å². The van der Waals surface area contributed by atoms with Crippen LogP contribution in [0, 0.1) is 27.3 Å². The number of sulfonamides is 1. The molecule has 72 heavy (non-hydrogen) atoms. The lowest BCUT2D eigenvalue weighted by Gasteiger charge is -2.39. The van der Waals surface area contributed by atoms with Gasteiger partial charge in [-0.3, -0.25) is 19.8 Å². The molecule has 380 valence electrons. The number of hydrogen-bond acceptors (Lipinski definition) is 13. The number of allylic oxidation sites excluding steroid dienone is 1. The molecule has 0 unspecified atom stereocenters. The number of rotatable bonds is 15. The van der Waals surface area contributed by atoms with Crippen molar-refractivity contribution >= 4 is 60.9 Å². The van der Waals surface area contributed by atoms with Gasteiger partial charge in [-0.1, -0.05) is 31.6 Å². The number of thiophene rings is 1. The molecule has 3 aliphatic rings. The number of nitrogens with one attached hydrogen (secondary N) is 3. The summed E-state index contributed by atoms with van der Waals surface area (Å²) >= 11 is 1.64. The van der Waals surface area contributed by atoms with E-state index in [-0.39, 0.29) is 34.2 Å². The van der Waals surface area contributed by atoms with Crippen LogP contribution in [0.1, 0.15) is 100 Å². The second-order valence-electron chi connectivity index (χ2n) is 21.2. The first-order chi connectivity index (χ1) is 34.1. The van der Waals surface area contributed by atoms with E-state index >= 15 is 4.39 Å². The number of carbonyl (C=O) groups is 1. The molecule has 1 aliphatic heterocycles. The van der Waals surface area contributed by atoms with E-state index < -0.39 is 42.6 Å². The summed E-state index contributed by atoms with van der Waals surface area (Å²) in [6, 6.07) is 19.1. The zero-order valence-corrected chi connectivity index (χ0v) is 42.9. The maximum atomic E-state index is 15.4. The number of hydrogen-bond donors (Lipinski definition) is 5. The summed E-state index contributed by atoms with van der Waals surface area (Å²) < 4.78 is 51.5. The summed E-state index contributed by atoms with van der Waals surface area (Å²) in [6.45, 7) is 13.7. The number of pyridine rings is 1. The molecule has 0 spiro atoms. The number of halogens is 1. The number of nitrogens with zero attached hydrogens (tertiary/aromatic N) is 4. The van der Waals surface area contributed by atoms with Crippen molar-refractivity contribution in [2.75, 3.05) is 49.5 Å². The van der Waals surface area contributed by atoms with Gasteiger partial charge in [0.05, 0.1) is 32.8 Å². The Kier molecular flexibility index (Phi) is 14.1. The molecule has 2 aliphatic carbocycles. The Morgan fingerprint density at radius 3 is 2.50 bits per heavy atom. The Morgan fingerprint density at radius 2 is 1.78 bits per heavy atom. The monoisotopic (exact) mass is 1020 g/mol. The van der Waals surface area contributed by atoms with Crippen LogP contribution in [-0.4, -0.2) is 89.2 Å². The van der Waals surface area contributed by atoms with Crippen molar-refractivity contribution in [2.45, 2.75) is 95.7 Å². The zero-order valence-electron chi connectivity index (χ0n) is 41.3. The van der Waals surface area contributed by atoms with E-state index in [1.807, 2.05) is 11.4 Å². The lowest BCUT2D eigenvalue weighted by Crippen LogP contribution is -2.47. The van der Waals surface area contributed by atoms with E-state index in [1.54, 1.807) is 68.6 Å². The Hall–Kier alpha value is -6.18. The lowest BCUT2D eigenvalue weighted by atomic mass is 9.73. The molecule has 3 aromatic heterocycles. The highest BCUT2D eigenvalue weighted by Gasteiger charge is 2.33. The third-order valence-corrected chi connectivity index (χ3v) is 16.8. The summed E-state index contributed by atoms with van der Waals surface area (Å²) in [5, 5.41) is 38.8. The van der Waals surface area contributed by atoms with Crippen molar-refractivity contribution < 1.29 is 37.5 Å². The number of aliphatic hydroxyl groups is 2. The van der Waals surface area contributed by atoms with Crippen LogP contribution >= 0.6 is 11.3 Å². The summed E-state index contributed by atoms with van der Waals surface area (Å²) in [4.78, 5) is 38.4. The third kappa shape index (κ3) is 11.5. The average Bonchev–Trinajstić information content (AvgIpc) is 4.02. The molecular formula is C54H62FN7O8S2. The molecule has 1 amide bonds. The van der Waals surface area contributed by atoms with Crippen LogP contribution in [0.3, 0.4) is 0 Å². The lowest BCUT2D eigenvalue weighted by molar-refractivity contribution is -0.384. The number of amides is 1. The largest absolute Gasteiger partial charge is 0.455 e. The van der Waals surface area contributed by atoms with Gasteiger partial charge in [0.1, 0.15) is 28.7 Å². The molecule has 1 saturated heterocycles. The van der Waals surface area contributed by atoms with Crippen molar-refractivity contribution in [1.29, 1.82) is 0 Å². The van der Waals surface area contributed by atoms with Gasteiger partial charge >= 0.3 is 0 Å². The number of aromatic amines is 1. The number of benzene rings is 3. The number of carbonyl (C=O) groups excluding carboxylic acids is 1. The van der Waals surface area contributed by atoms with Crippen LogP contribution in [0.5, 0.6) is 11.5 Å². The maximum absolute atomic E-state index is 15.4. The number of nitro benzene ring substituents is 1. The van der Waals surface area contributed by atoms with Crippen LogP contribution in [0.2, 0.25) is 0 Å². The fourth-order valence-corrected chi connectivity index (χ4v) is 12.0. The molecule has 6 aromatic rings. The fraction of sp³-hybridized carbons (Fsp3) is 0.407. The molecule has 15 nitrogen and oxygen atoms in total. The second-order valence-corrected chi connectivity index (χ2v) is 23.8. The quantitative estimate of drug-likeness (QED) is 0.0482. The van der Waals surface area contributed by atoms with E-state index in [9.17, 15) is 33.5 Å². The number of nitro groups is 1. The molecular weight excluding hydrogens is 958 g/mol. The van der Waals surface area contributed by atoms with E-state index in [4.69, 9.17) is 4.74 Å². The molecule has 3 aromatic carbocycles. The zero-order chi connectivity index (χ0) is 51.2. The number of fused-ring (bicyclic) bond motifs is 1. The molecule has 9 rings (SSSR count). The Morgan fingerprint density at radius 1 is 1.01 bits per heavy atom. The number of ether oxygens (including phenoxy) is 1. The second kappa shape index (κ2) is 20.0. The predicted molar refractivity (Wildman–Crippen MR) is 280 cm³/mol. The normalized spacial score (nSPS) is 19.9. The summed E-state index contributed by atoms with van der Waals surface area (Å²) in [6.07, 6.45) is 8.93. The minimum absolute atomic E-state index is 0.0698. The third-order valence-electron chi connectivity index (χ3n) is 14.5. The van der Waals surface area contributed by atoms with Crippen LogP contribution in [0.4, 0.5) is 21.5 Å². The molecule has 0 atom stereocenters. The molecule has 18 heteroatoms. The first kappa shape index (κ1) is 50.7. The van der Waals surface area contributed by atoms with Gasteiger partial charge in [0.2, 0.25) is 0 Å². The predicted octanol–water partition coefficient (Wildman–Crippen LogP) is 10.6. The Bertz CT molecular complexity index is 3160. The van der Waals surface area contributed by atoms with Crippen LogP contribution in [0.25, 0.3) is 27.7 Å². The van der Waals surface area contributed by atoms with Gasteiger partial charge in [0, 0.05) is 79.1 Å². The topological polar surface area (TPSA) is 203 Å². The summed E-state index contributed by atoms with van der Waals surface area (Å²) in [5.74, 6) is -0.742. The van der Waals surface area contributed by atoms with Crippen molar-refractivity contribution in [2.24, 2.45) is 11.3 Å². The molecule has 0 radical (unpaired) electrons. The molecule has 4 heterocycles. The SMILES string of the molecule is CC1(C)CCC(CN2CCN(c3ccc(C(=O)NS(=O)(=O)c4ccc(NCC5CCC(C)(O)CC5)c([N+](=O)[O-])c4)c(Oc4cnc5[nH]ccc5c4)c3)CC2)=C(c2cc(-c3ccc(C(C)(C)O)cc3F)cs2)C1. The molecule has 0 bridgehead atoms.